The number of hydrogen-bond donors (Lipinski definition) is 1. The Bertz CT molecular complexity index is 217. The van der Waals surface area contributed by atoms with Gasteiger partial charge in [-0.25, -0.2) is 0 Å². The largest absolute Gasteiger partial charge is 0.381 e. The fraction of sp³-hybridized carbons (Fsp3) is 1.00. The molecule has 16 heavy (non-hydrogen) atoms. The van der Waals surface area contributed by atoms with Crippen LogP contribution in [0.2, 0.25) is 0 Å². The lowest BCUT2D eigenvalue weighted by atomic mass is 9.90. The number of hydrogen-bond acceptors (Lipinski definition) is 4. The van der Waals surface area contributed by atoms with Gasteiger partial charge in [0, 0.05) is 45.0 Å². The number of nitrogens with zero attached hydrogens (tertiary/aromatic N) is 1. The Morgan fingerprint density at radius 3 is 2.81 bits per heavy atom. The maximum absolute atomic E-state index is 6.42. The van der Waals surface area contributed by atoms with Crippen molar-refractivity contribution in [1.29, 1.82) is 0 Å². The molecule has 2 fully saturated rings. The van der Waals surface area contributed by atoms with E-state index in [2.05, 4.69) is 11.8 Å². The van der Waals surface area contributed by atoms with Crippen molar-refractivity contribution in [3.05, 3.63) is 0 Å². The Hall–Kier alpha value is -0.160. The standard InChI is InChI=1S/C12H24N2O2/c1-11-9-14(5-2-6-16-11)10-12(13)3-7-15-8-4-12/h11H,2-10,13H2,1H3. The van der Waals surface area contributed by atoms with E-state index >= 15 is 0 Å². The second kappa shape index (κ2) is 5.45. The van der Waals surface area contributed by atoms with Gasteiger partial charge in [-0.1, -0.05) is 0 Å². The first-order valence-corrected chi connectivity index (χ1v) is 6.39. The summed E-state index contributed by atoms with van der Waals surface area (Å²) in [6.45, 7) is 7.78. The molecule has 2 aliphatic heterocycles. The van der Waals surface area contributed by atoms with Crippen LogP contribution in [0.25, 0.3) is 0 Å². The Morgan fingerprint density at radius 1 is 1.31 bits per heavy atom. The number of rotatable bonds is 2. The van der Waals surface area contributed by atoms with Crippen molar-refractivity contribution < 1.29 is 9.47 Å². The molecule has 4 nitrogen and oxygen atoms in total. The highest BCUT2D eigenvalue weighted by molar-refractivity contribution is 4.90. The summed E-state index contributed by atoms with van der Waals surface area (Å²) >= 11 is 0. The highest BCUT2D eigenvalue weighted by Crippen LogP contribution is 2.20. The van der Waals surface area contributed by atoms with E-state index in [-0.39, 0.29) is 5.54 Å². The minimum atomic E-state index is -0.0394. The van der Waals surface area contributed by atoms with Crippen LogP contribution >= 0.6 is 0 Å². The van der Waals surface area contributed by atoms with Crippen LogP contribution in [-0.4, -0.2) is 56.0 Å². The van der Waals surface area contributed by atoms with Gasteiger partial charge in [0.1, 0.15) is 0 Å². The molecule has 2 heterocycles. The van der Waals surface area contributed by atoms with Gasteiger partial charge in [0.2, 0.25) is 0 Å². The first-order valence-electron chi connectivity index (χ1n) is 6.39. The van der Waals surface area contributed by atoms with Crippen LogP contribution < -0.4 is 5.73 Å². The van der Waals surface area contributed by atoms with Gasteiger partial charge >= 0.3 is 0 Å². The first-order chi connectivity index (χ1) is 7.68. The Morgan fingerprint density at radius 2 is 2.06 bits per heavy atom. The summed E-state index contributed by atoms with van der Waals surface area (Å²) in [5.41, 5.74) is 6.38. The molecule has 2 aliphatic rings. The van der Waals surface area contributed by atoms with E-state index < -0.39 is 0 Å². The number of ether oxygens (including phenoxy) is 2. The van der Waals surface area contributed by atoms with Crippen LogP contribution in [0.4, 0.5) is 0 Å². The average Bonchev–Trinajstić information content (AvgIpc) is 2.43. The normalized spacial score (nSPS) is 32.2. The maximum atomic E-state index is 6.42. The Balaban J connectivity index is 1.86. The molecule has 94 valence electrons. The molecule has 4 heteroatoms. The highest BCUT2D eigenvalue weighted by atomic mass is 16.5. The molecule has 0 aromatic rings. The molecule has 2 N–H and O–H groups in total. The van der Waals surface area contributed by atoms with Gasteiger partial charge in [-0.15, -0.1) is 0 Å². The summed E-state index contributed by atoms with van der Waals surface area (Å²) < 4.78 is 11.0. The van der Waals surface area contributed by atoms with E-state index in [1.165, 1.54) is 0 Å². The monoisotopic (exact) mass is 228 g/mol. The molecule has 2 saturated heterocycles. The fourth-order valence-electron chi connectivity index (χ4n) is 2.61. The van der Waals surface area contributed by atoms with Crippen LogP contribution in [0.15, 0.2) is 0 Å². The molecule has 2 rings (SSSR count). The summed E-state index contributed by atoms with van der Waals surface area (Å²) in [5, 5.41) is 0. The van der Waals surface area contributed by atoms with Crippen molar-refractivity contribution in [2.75, 3.05) is 39.5 Å². The van der Waals surface area contributed by atoms with Crippen molar-refractivity contribution >= 4 is 0 Å². The summed E-state index contributed by atoms with van der Waals surface area (Å²) in [6, 6.07) is 0. The molecule has 1 unspecified atom stereocenters. The van der Waals surface area contributed by atoms with Crippen LogP contribution in [0.1, 0.15) is 26.2 Å². The quantitative estimate of drug-likeness (QED) is 0.752. The van der Waals surface area contributed by atoms with Crippen LogP contribution in [0.3, 0.4) is 0 Å². The third-order valence-electron chi connectivity index (χ3n) is 3.56. The van der Waals surface area contributed by atoms with Gasteiger partial charge in [0.25, 0.3) is 0 Å². The lowest BCUT2D eigenvalue weighted by molar-refractivity contribution is 0.0298. The SMILES string of the molecule is CC1CN(CC2(N)CCOCC2)CCCO1. The lowest BCUT2D eigenvalue weighted by Crippen LogP contribution is -2.54. The van der Waals surface area contributed by atoms with E-state index in [4.69, 9.17) is 15.2 Å². The summed E-state index contributed by atoms with van der Waals surface area (Å²) in [7, 11) is 0. The van der Waals surface area contributed by atoms with E-state index in [1.807, 2.05) is 0 Å². The average molecular weight is 228 g/mol. The van der Waals surface area contributed by atoms with E-state index in [0.717, 1.165) is 58.7 Å². The predicted octanol–water partition coefficient (Wildman–Crippen LogP) is 0.605. The second-order valence-electron chi connectivity index (χ2n) is 5.24. The fourth-order valence-corrected chi connectivity index (χ4v) is 2.61. The molecule has 0 aliphatic carbocycles. The van der Waals surface area contributed by atoms with Crippen molar-refractivity contribution in [2.24, 2.45) is 5.73 Å². The van der Waals surface area contributed by atoms with E-state index in [0.29, 0.717) is 6.10 Å². The molecule has 1 atom stereocenters. The van der Waals surface area contributed by atoms with Crippen molar-refractivity contribution in [1.82, 2.24) is 4.90 Å². The third kappa shape index (κ3) is 3.42. The molecule has 0 aromatic heterocycles. The topological polar surface area (TPSA) is 47.7 Å². The summed E-state index contributed by atoms with van der Waals surface area (Å²) in [6.07, 6.45) is 3.43. The molecule has 0 spiro atoms. The highest BCUT2D eigenvalue weighted by Gasteiger charge is 2.31. The van der Waals surface area contributed by atoms with Gasteiger partial charge < -0.3 is 15.2 Å². The summed E-state index contributed by atoms with van der Waals surface area (Å²) in [5.74, 6) is 0. The smallest absolute Gasteiger partial charge is 0.0673 e. The second-order valence-corrected chi connectivity index (χ2v) is 5.24. The van der Waals surface area contributed by atoms with Crippen LogP contribution in [0.5, 0.6) is 0 Å². The first kappa shape index (κ1) is 12.3. The van der Waals surface area contributed by atoms with Crippen LogP contribution in [0, 0.1) is 0 Å². The molecule has 0 radical (unpaired) electrons. The zero-order chi connectivity index (χ0) is 11.4. The molecular weight excluding hydrogens is 204 g/mol. The third-order valence-corrected chi connectivity index (χ3v) is 3.56. The lowest BCUT2D eigenvalue weighted by Gasteiger charge is -2.38. The Kier molecular flexibility index (Phi) is 4.19. The Labute approximate surface area is 98.1 Å². The molecule has 0 aromatic carbocycles. The molecule has 0 bridgehead atoms. The molecule has 0 amide bonds. The minimum Gasteiger partial charge on any atom is -0.381 e. The predicted molar refractivity (Wildman–Crippen MR) is 63.4 cm³/mol. The van der Waals surface area contributed by atoms with Crippen molar-refractivity contribution in [3.63, 3.8) is 0 Å². The molecular formula is C12H24N2O2. The van der Waals surface area contributed by atoms with Crippen molar-refractivity contribution in [3.8, 4) is 0 Å². The summed E-state index contributed by atoms with van der Waals surface area (Å²) in [4.78, 5) is 2.46. The zero-order valence-electron chi connectivity index (χ0n) is 10.3. The van der Waals surface area contributed by atoms with Gasteiger partial charge in [-0.2, -0.15) is 0 Å². The maximum Gasteiger partial charge on any atom is 0.0673 e. The van der Waals surface area contributed by atoms with E-state index in [9.17, 15) is 0 Å². The van der Waals surface area contributed by atoms with Gasteiger partial charge in [-0.05, 0) is 26.2 Å². The van der Waals surface area contributed by atoms with Gasteiger partial charge in [-0.3, -0.25) is 4.90 Å². The van der Waals surface area contributed by atoms with Gasteiger partial charge in [0.15, 0.2) is 0 Å². The van der Waals surface area contributed by atoms with E-state index in [1.54, 1.807) is 0 Å². The minimum absolute atomic E-state index is 0.0394. The number of nitrogens with two attached hydrogens (primary N) is 1. The van der Waals surface area contributed by atoms with Crippen molar-refractivity contribution in [2.45, 2.75) is 37.8 Å². The van der Waals surface area contributed by atoms with Crippen LogP contribution in [-0.2, 0) is 9.47 Å². The zero-order valence-corrected chi connectivity index (χ0v) is 10.3. The van der Waals surface area contributed by atoms with Gasteiger partial charge in [0.05, 0.1) is 6.10 Å². The molecule has 0 saturated carbocycles.